The summed E-state index contributed by atoms with van der Waals surface area (Å²) in [4.78, 5) is 25.7. The minimum Gasteiger partial charge on any atom is -0.550 e. The van der Waals surface area contributed by atoms with Gasteiger partial charge in [0, 0.05) is 19.1 Å². The van der Waals surface area contributed by atoms with Gasteiger partial charge in [-0.05, 0) is 30.0 Å². The predicted octanol–water partition coefficient (Wildman–Crippen LogP) is 1.74. The molecule has 0 amide bonds. The number of morpholine rings is 1. The molecule has 1 atom stereocenters. The number of carboxylic acids is 1. The molecule has 6 nitrogen and oxygen atoms in total. The van der Waals surface area contributed by atoms with Gasteiger partial charge in [-0.1, -0.05) is 42.5 Å². The van der Waals surface area contributed by atoms with E-state index in [0.29, 0.717) is 19.0 Å². The number of para-hydroxylation sites is 2. The Morgan fingerprint density at radius 2 is 1.67 bits per heavy atom. The summed E-state index contributed by atoms with van der Waals surface area (Å²) in [5.74, 6) is -1.67. The third kappa shape index (κ3) is 5.31. The summed E-state index contributed by atoms with van der Waals surface area (Å²) in [7, 11) is 0. The number of carboxylic acid groups (broad SMARTS) is 1. The molecule has 1 saturated heterocycles. The van der Waals surface area contributed by atoms with Crippen LogP contribution in [0.3, 0.4) is 0 Å². The van der Waals surface area contributed by atoms with E-state index in [1.54, 1.807) is 6.07 Å². The van der Waals surface area contributed by atoms with E-state index in [0.717, 1.165) is 24.3 Å². The number of aliphatic carboxylic acids is 1. The monoisotopic (exact) mass is 368 g/mol. The first-order valence-corrected chi connectivity index (χ1v) is 9.00. The minimum atomic E-state index is -1.19. The van der Waals surface area contributed by atoms with Crippen molar-refractivity contribution in [1.82, 2.24) is 0 Å². The summed E-state index contributed by atoms with van der Waals surface area (Å²) in [6.45, 7) is 2.71. The summed E-state index contributed by atoms with van der Waals surface area (Å²) in [6, 6.07) is 16.4. The summed E-state index contributed by atoms with van der Waals surface area (Å²) in [5, 5.41) is 11.1. The largest absolute Gasteiger partial charge is 0.550 e. The molecule has 1 aliphatic rings. The average molecular weight is 368 g/mol. The van der Waals surface area contributed by atoms with Gasteiger partial charge < -0.3 is 24.3 Å². The standard InChI is InChI=1S/C21H23NO5/c23-20(24)14-17(16-6-2-1-3-7-16)15-21(25)27-19-9-5-4-8-18(19)22-10-12-26-13-11-22/h1-9,17H,10-15H2,(H,23,24)/p-1/t17-/m0/s1. The Kier molecular flexibility index (Phi) is 6.44. The van der Waals surface area contributed by atoms with Crippen molar-refractivity contribution in [2.24, 2.45) is 0 Å². The smallest absolute Gasteiger partial charge is 0.311 e. The molecule has 1 heterocycles. The summed E-state index contributed by atoms with van der Waals surface area (Å²) >= 11 is 0. The Bertz CT molecular complexity index is 771. The molecule has 27 heavy (non-hydrogen) atoms. The van der Waals surface area contributed by atoms with Crippen LogP contribution in [0.4, 0.5) is 5.69 Å². The average Bonchev–Trinajstić information content (AvgIpc) is 2.69. The van der Waals surface area contributed by atoms with Crippen molar-refractivity contribution in [1.29, 1.82) is 0 Å². The second kappa shape index (κ2) is 9.19. The topological polar surface area (TPSA) is 78.9 Å². The molecule has 2 aromatic carbocycles. The second-order valence-corrected chi connectivity index (χ2v) is 6.43. The highest BCUT2D eigenvalue weighted by molar-refractivity contribution is 5.77. The van der Waals surface area contributed by atoms with Gasteiger partial charge in [-0.15, -0.1) is 0 Å². The molecule has 6 heteroatoms. The van der Waals surface area contributed by atoms with E-state index in [1.807, 2.05) is 48.5 Å². The maximum atomic E-state index is 12.5. The first kappa shape index (κ1) is 18.9. The molecule has 0 aliphatic carbocycles. The van der Waals surface area contributed by atoms with Crippen LogP contribution in [0.25, 0.3) is 0 Å². The lowest BCUT2D eigenvalue weighted by Crippen LogP contribution is -2.36. The van der Waals surface area contributed by atoms with E-state index in [1.165, 1.54) is 0 Å². The van der Waals surface area contributed by atoms with Gasteiger partial charge in [0.2, 0.25) is 0 Å². The van der Waals surface area contributed by atoms with Crippen molar-refractivity contribution in [3.63, 3.8) is 0 Å². The maximum absolute atomic E-state index is 12.5. The first-order valence-electron chi connectivity index (χ1n) is 9.00. The molecule has 0 N–H and O–H groups in total. The number of ether oxygens (including phenoxy) is 2. The van der Waals surface area contributed by atoms with E-state index in [9.17, 15) is 14.7 Å². The zero-order valence-corrected chi connectivity index (χ0v) is 15.0. The van der Waals surface area contributed by atoms with E-state index in [-0.39, 0.29) is 12.8 Å². The number of anilines is 1. The highest BCUT2D eigenvalue weighted by atomic mass is 16.5. The fourth-order valence-electron chi connectivity index (χ4n) is 3.21. The lowest BCUT2D eigenvalue weighted by Gasteiger charge is -2.30. The summed E-state index contributed by atoms with van der Waals surface area (Å²) < 4.78 is 11.0. The normalized spacial score (nSPS) is 15.2. The third-order valence-electron chi connectivity index (χ3n) is 4.54. The second-order valence-electron chi connectivity index (χ2n) is 6.43. The van der Waals surface area contributed by atoms with Crippen LogP contribution >= 0.6 is 0 Å². The van der Waals surface area contributed by atoms with Gasteiger partial charge in [-0.25, -0.2) is 0 Å². The van der Waals surface area contributed by atoms with Crippen molar-refractivity contribution in [3.8, 4) is 5.75 Å². The van der Waals surface area contributed by atoms with Gasteiger partial charge in [0.25, 0.3) is 0 Å². The van der Waals surface area contributed by atoms with Gasteiger partial charge in [0.15, 0.2) is 5.75 Å². The van der Waals surface area contributed by atoms with E-state index in [4.69, 9.17) is 9.47 Å². The van der Waals surface area contributed by atoms with E-state index < -0.39 is 17.9 Å². The molecule has 0 unspecified atom stereocenters. The van der Waals surface area contributed by atoms with Crippen molar-refractivity contribution < 1.29 is 24.2 Å². The van der Waals surface area contributed by atoms with Gasteiger partial charge in [-0.2, -0.15) is 0 Å². The van der Waals surface area contributed by atoms with Crippen molar-refractivity contribution in [2.75, 3.05) is 31.2 Å². The predicted molar refractivity (Wildman–Crippen MR) is 98.5 cm³/mol. The van der Waals surface area contributed by atoms with Crippen molar-refractivity contribution in [2.45, 2.75) is 18.8 Å². The molecular formula is C21H22NO5-. The molecule has 3 rings (SSSR count). The maximum Gasteiger partial charge on any atom is 0.311 e. The lowest BCUT2D eigenvalue weighted by molar-refractivity contribution is -0.306. The molecule has 1 aliphatic heterocycles. The highest BCUT2D eigenvalue weighted by Gasteiger charge is 2.21. The van der Waals surface area contributed by atoms with Gasteiger partial charge in [-0.3, -0.25) is 4.79 Å². The highest BCUT2D eigenvalue weighted by Crippen LogP contribution is 2.30. The number of nitrogens with zero attached hydrogens (tertiary/aromatic N) is 1. The van der Waals surface area contributed by atoms with Gasteiger partial charge in [0.1, 0.15) is 0 Å². The summed E-state index contributed by atoms with van der Waals surface area (Å²) in [6.07, 6.45) is -0.264. The van der Waals surface area contributed by atoms with Crippen molar-refractivity contribution >= 4 is 17.6 Å². The number of carbonyl (C=O) groups is 2. The molecule has 0 bridgehead atoms. The molecule has 142 valence electrons. The Morgan fingerprint density at radius 1 is 1.00 bits per heavy atom. The number of hydrogen-bond acceptors (Lipinski definition) is 6. The Labute approximate surface area is 158 Å². The van der Waals surface area contributed by atoms with Crippen LogP contribution in [0, 0.1) is 0 Å². The van der Waals surface area contributed by atoms with Crippen LogP contribution in [-0.2, 0) is 14.3 Å². The van der Waals surface area contributed by atoms with Crippen molar-refractivity contribution in [3.05, 3.63) is 60.2 Å². The van der Waals surface area contributed by atoms with Crippen LogP contribution in [0.2, 0.25) is 0 Å². The Balaban J connectivity index is 1.71. The van der Waals surface area contributed by atoms with Crippen LogP contribution < -0.4 is 14.7 Å². The zero-order valence-electron chi connectivity index (χ0n) is 15.0. The molecule has 0 spiro atoms. The van der Waals surface area contributed by atoms with Crippen LogP contribution in [0.1, 0.15) is 24.3 Å². The summed E-state index contributed by atoms with van der Waals surface area (Å²) in [5.41, 5.74) is 1.62. The number of hydrogen-bond donors (Lipinski definition) is 0. The molecule has 0 radical (unpaired) electrons. The number of benzene rings is 2. The fraction of sp³-hybridized carbons (Fsp3) is 0.333. The van der Waals surface area contributed by atoms with Crippen LogP contribution in [0.15, 0.2) is 54.6 Å². The SMILES string of the molecule is O=C([O-])C[C@@H](CC(=O)Oc1ccccc1N1CCOCC1)c1ccccc1. The molecule has 2 aromatic rings. The quantitative estimate of drug-likeness (QED) is 0.547. The van der Waals surface area contributed by atoms with Crippen LogP contribution in [-0.4, -0.2) is 38.2 Å². The van der Waals surface area contributed by atoms with E-state index >= 15 is 0 Å². The third-order valence-corrected chi connectivity index (χ3v) is 4.54. The van der Waals surface area contributed by atoms with Gasteiger partial charge in [0.05, 0.1) is 25.3 Å². The number of carbonyl (C=O) groups excluding carboxylic acids is 2. The fourth-order valence-corrected chi connectivity index (χ4v) is 3.21. The zero-order chi connectivity index (χ0) is 19.1. The van der Waals surface area contributed by atoms with E-state index in [2.05, 4.69) is 4.90 Å². The Morgan fingerprint density at radius 3 is 2.37 bits per heavy atom. The molecule has 0 saturated carbocycles. The number of rotatable bonds is 7. The first-order chi connectivity index (χ1) is 13.1. The lowest BCUT2D eigenvalue weighted by atomic mass is 9.92. The Hall–Kier alpha value is -2.86. The minimum absolute atomic E-state index is 0.0323. The van der Waals surface area contributed by atoms with Crippen LogP contribution in [0.5, 0.6) is 5.75 Å². The molecule has 1 fully saturated rings. The molecule has 0 aromatic heterocycles. The number of esters is 1. The molecular weight excluding hydrogens is 346 g/mol. The van der Waals surface area contributed by atoms with Gasteiger partial charge >= 0.3 is 5.97 Å².